The number of carbonyl (C=O) groups is 3. The van der Waals surface area contributed by atoms with Gasteiger partial charge in [-0.2, -0.15) is 0 Å². The van der Waals surface area contributed by atoms with Crippen LogP contribution >= 0.6 is 7.82 Å². The van der Waals surface area contributed by atoms with Crippen LogP contribution in [0.25, 0.3) is 0 Å². The molecule has 0 bridgehead atoms. The van der Waals surface area contributed by atoms with Gasteiger partial charge >= 0.3 is 25.7 Å². The molecular formula is C70H121O11P. The zero-order chi connectivity index (χ0) is 59.8. The van der Waals surface area contributed by atoms with Gasteiger partial charge in [0.2, 0.25) is 0 Å². The fraction of sp³-hybridized carbons (Fsp3) is 0.729. The van der Waals surface area contributed by atoms with Crippen molar-refractivity contribution in [3.05, 3.63) is 97.2 Å². The minimum absolute atomic E-state index is 0.138. The number of carbonyl (C=O) groups excluding carboxylic acids is 3. The number of allylic oxidation sites excluding steroid dienone is 16. The molecule has 2 N–H and O–H groups in total. The smallest absolute Gasteiger partial charge is 0.462 e. The fourth-order valence-corrected chi connectivity index (χ4v) is 9.77. The van der Waals surface area contributed by atoms with E-state index in [9.17, 15) is 28.9 Å². The van der Waals surface area contributed by atoms with Crippen LogP contribution in [0.2, 0.25) is 0 Å². The summed E-state index contributed by atoms with van der Waals surface area (Å²) in [5.41, 5.74) is 0. The molecule has 0 rings (SSSR count). The third-order valence-corrected chi connectivity index (χ3v) is 14.9. The normalized spacial score (nSPS) is 13.9. The van der Waals surface area contributed by atoms with Crippen molar-refractivity contribution >= 4 is 25.7 Å². The lowest BCUT2D eigenvalue weighted by atomic mass is 10.0. The van der Waals surface area contributed by atoms with E-state index in [0.717, 1.165) is 103 Å². The van der Waals surface area contributed by atoms with Gasteiger partial charge in [0.25, 0.3) is 0 Å². The van der Waals surface area contributed by atoms with Crippen molar-refractivity contribution in [2.75, 3.05) is 26.4 Å². The number of esters is 3. The summed E-state index contributed by atoms with van der Waals surface area (Å²) in [6, 6.07) is 0. The quantitative estimate of drug-likeness (QED) is 0.0197. The first-order chi connectivity index (χ1) is 40.2. The van der Waals surface area contributed by atoms with Gasteiger partial charge in [-0.3, -0.25) is 23.4 Å². The van der Waals surface area contributed by atoms with Crippen molar-refractivity contribution in [2.24, 2.45) is 0 Å². The summed E-state index contributed by atoms with van der Waals surface area (Å²) in [6.07, 6.45) is 76.5. The predicted octanol–water partition coefficient (Wildman–Crippen LogP) is 20.4. The van der Waals surface area contributed by atoms with E-state index in [4.69, 9.17) is 23.3 Å². The molecule has 0 spiro atoms. The summed E-state index contributed by atoms with van der Waals surface area (Å²) in [5.74, 6) is -1.54. The van der Waals surface area contributed by atoms with Crippen LogP contribution in [0.15, 0.2) is 97.2 Å². The zero-order valence-electron chi connectivity index (χ0n) is 52.4. The van der Waals surface area contributed by atoms with E-state index >= 15 is 0 Å². The number of rotatable bonds is 61. The van der Waals surface area contributed by atoms with Gasteiger partial charge in [0, 0.05) is 19.3 Å². The van der Waals surface area contributed by atoms with Gasteiger partial charge in [0.05, 0.1) is 19.8 Å². The van der Waals surface area contributed by atoms with E-state index < -0.39 is 57.8 Å². The van der Waals surface area contributed by atoms with Crippen LogP contribution in [0, 0.1) is 0 Å². The highest BCUT2D eigenvalue weighted by molar-refractivity contribution is 7.47. The molecule has 0 saturated carbocycles. The molecule has 3 unspecified atom stereocenters. The first-order valence-electron chi connectivity index (χ1n) is 33.1. The second-order valence-electron chi connectivity index (χ2n) is 21.9. The first kappa shape index (κ1) is 78.4. The summed E-state index contributed by atoms with van der Waals surface area (Å²) in [6.45, 7) is 4.47. The van der Waals surface area contributed by atoms with Crippen molar-refractivity contribution in [2.45, 2.75) is 303 Å². The van der Waals surface area contributed by atoms with Crippen molar-refractivity contribution in [1.29, 1.82) is 0 Å². The molecule has 3 atom stereocenters. The fourth-order valence-electron chi connectivity index (χ4n) is 8.99. The Morgan fingerprint density at radius 1 is 0.354 bits per heavy atom. The van der Waals surface area contributed by atoms with E-state index in [2.05, 4.69) is 112 Å². The molecule has 0 aliphatic carbocycles. The summed E-state index contributed by atoms with van der Waals surface area (Å²) in [4.78, 5) is 48.8. The second-order valence-corrected chi connectivity index (χ2v) is 23.4. The van der Waals surface area contributed by atoms with Crippen molar-refractivity contribution in [3.63, 3.8) is 0 Å². The Morgan fingerprint density at radius 3 is 1.04 bits per heavy atom. The number of aliphatic hydroxyl groups excluding tert-OH is 1. The molecular weight excluding hydrogens is 1050 g/mol. The van der Waals surface area contributed by atoms with E-state index in [1.54, 1.807) is 0 Å². The largest absolute Gasteiger partial charge is 0.472 e. The minimum Gasteiger partial charge on any atom is -0.462 e. The van der Waals surface area contributed by atoms with Gasteiger partial charge in [0.1, 0.15) is 12.7 Å². The Bertz CT molecular complexity index is 1750. The average molecular weight is 1170 g/mol. The topological polar surface area (TPSA) is 155 Å². The first-order valence-corrected chi connectivity index (χ1v) is 34.6. The highest BCUT2D eigenvalue weighted by atomic mass is 31.2. The van der Waals surface area contributed by atoms with Gasteiger partial charge < -0.3 is 24.2 Å². The Labute approximate surface area is 502 Å². The molecule has 0 saturated heterocycles. The lowest BCUT2D eigenvalue weighted by Gasteiger charge is -2.21. The molecule has 472 valence electrons. The molecule has 0 aliphatic rings. The monoisotopic (exact) mass is 1170 g/mol. The Balaban J connectivity index is 4.75. The second kappa shape index (κ2) is 63.4. The lowest BCUT2D eigenvalue weighted by molar-refractivity contribution is -0.161. The minimum atomic E-state index is -4.77. The van der Waals surface area contributed by atoms with Crippen LogP contribution in [-0.4, -0.2) is 66.5 Å². The highest BCUT2D eigenvalue weighted by Gasteiger charge is 2.28. The number of ether oxygens (including phenoxy) is 3. The van der Waals surface area contributed by atoms with Crippen molar-refractivity contribution < 1.29 is 52.2 Å². The molecule has 0 amide bonds. The molecule has 0 fully saturated rings. The van der Waals surface area contributed by atoms with Crippen LogP contribution in [0.3, 0.4) is 0 Å². The Kier molecular flexibility index (Phi) is 60.6. The van der Waals surface area contributed by atoms with E-state index in [1.807, 2.05) is 6.08 Å². The maximum atomic E-state index is 13.0. The summed E-state index contributed by atoms with van der Waals surface area (Å²) < 4.78 is 39.7. The molecule has 0 aromatic heterocycles. The number of hydrogen-bond acceptors (Lipinski definition) is 10. The van der Waals surface area contributed by atoms with Crippen LogP contribution in [0.4, 0.5) is 0 Å². The molecule has 82 heavy (non-hydrogen) atoms. The maximum Gasteiger partial charge on any atom is 0.472 e. The number of unbranched alkanes of at least 4 members (excludes halogenated alkanes) is 28. The average Bonchev–Trinajstić information content (AvgIpc) is 3.47. The van der Waals surface area contributed by atoms with E-state index in [0.29, 0.717) is 25.7 Å². The van der Waals surface area contributed by atoms with Gasteiger partial charge in [-0.05, 0) is 96.3 Å². The lowest BCUT2D eigenvalue weighted by Crippen LogP contribution is -2.30. The third kappa shape index (κ3) is 61.0. The van der Waals surface area contributed by atoms with Gasteiger partial charge in [-0.1, -0.05) is 272 Å². The van der Waals surface area contributed by atoms with Gasteiger partial charge in [-0.15, -0.1) is 0 Å². The number of hydrogen-bond donors (Lipinski definition) is 2. The molecule has 12 heteroatoms. The van der Waals surface area contributed by atoms with Gasteiger partial charge in [0.15, 0.2) is 6.10 Å². The summed E-state index contributed by atoms with van der Waals surface area (Å²) >= 11 is 0. The van der Waals surface area contributed by atoms with Crippen molar-refractivity contribution in [1.82, 2.24) is 0 Å². The van der Waals surface area contributed by atoms with E-state index in [1.165, 1.54) is 122 Å². The SMILES string of the molecule is CC/C=C\C/C=C\C/C=C\C/C=C\C/C=C\CCCC(=O)OCC(COP(=O)(O)OCC(CO)OC(=O)CCCCCCCCCCCCCCCCCCCCC)OC(=O)CCCCCCCC/C=C\C/C=C\C/C=C\CCCCC. The molecule has 0 heterocycles. The van der Waals surface area contributed by atoms with E-state index in [-0.39, 0.29) is 25.9 Å². The number of aliphatic hydroxyl groups is 1. The number of phosphoric acid groups is 1. The summed E-state index contributed by atoms with van der Waals surface area (Å²) in [5, 5.41) is 9.87. The maximum absolute atomic E-state index is 13.0. The van der Waals surface area contributed by atoms with Crippen LogP contribution in [-0.2, 0) is 42.2 Å². The Hall–Kier alpha value is -3.60. The van der Waals surface area contributed by atoms with Crippen LogP contribution in [0.5, 0.6) is 0 Å². The zero-order valence-corrected chi connectivity index (χ0v) is 53.3. The van der Waals surface area contributed by atoms with Crippen LogP contribution in [0.1, 0.15) is 290 Å². The molecule has 0 aromatic rings. The standard InChI is InChI=1S/C70H121O11P/c1-4-7-10-13-16-19-22-25-28-31-33-36-39-42-45-48-51-54-57-60-69(73)80-66(62-71)64-78-82(75,76)79-65-67(63-77-68(72)59-56-53-50-47-44-41-38-35-30-27-24-21-18-15-12-9-6-3)81-70(74)61-58-55-52-49-46-43-40-37-34-32-29-26-23-20-17-14-11-8-5-2/h9,12,17-18,20-21,26-27,29-30,34,37-38,41,47,50,66-67,71H,4-8,10-11,13-16,19,22-25,28,31-33,35-36,39-40,42-46,48-49,51-65H2,1-3H3,(H,75,76)/b12-9-,20-17-,21-18-,29-26-,30-27-,37-34-,41-38-,50-47-. The highest BCUT2D eigenvalue weighted by Crippen LogP contribution is 2.43. The van der Waals surface area contributed by atoms with Gasteiger partial charge in [-0.25, -0.2) is 4.57 Å². The van der Waals surface area contributed by atoms with Crippen molar-refractivity contribution in [3.8, 4) is 0 Å². The predicted molar refractivity (Wildman–Crippen MR) is 344 cm³/mol. The molecule has 11 nitrogen and oxygen atoms in total. The Morgan fingerprint density at radius 2 is 0.646 bits per heavy atom. The number of phosphoric ester groups is 1. The molecule has 0 aromatic carbocycles. The van der Waals surface area contributed by atoms with Crippen LogP contribution < -0.4 is 0 Å². The molecule has 0 radical (unpaired) electrons. The third-order valence-electron chi connectivity index (χ3n) is 14.0. The molecule has 0 aliphatic heterocycles. The summed E-state index contributed by atoms with van der Waals surface area (Å²) in [7, 11) is -4.77.